The van der Waals surface area contributed by atoms with Gasteiger partial charge in [0.25, 0.3) is 14.3 Å². The van der Waals surface area contributed by atoms with Crippen molar-refractivity contribution in [2.45, 2.75) is 105 Å². The highest BCUT2D eigenvalue weighted by Crippen LogP contribution is 2.43. The zero-order valence-corrected chi connectivity index (χ0v) is 22.8. The van der Waals surface area contributed by atoms with Crippen molar-refractivity contribution in [1.29, 1.82) is 0 Å². The highest BCUT2D eigenvalue weighted by molar-refractivity contribution is 6.78. The molecule has 0 rings (SSSR count). The predicted molar refractivity (Wildman–Crippen MR) is 126 cm³/mol. The molecule has 5 nitrogen and oxygen atoms in total. The van der Waals surface area contributed by atoms with Crippen LogP contribution in [0.25, 0.3) is 0 Å². The van der Waals surface area contributed by atoms with Crippen molar-refractivity contribution in [3.8, 4) is 0 Å². The predicted octanol–water partition coefficient (Wildman–Crippen LogP) is 6.42. The van der Waals surface area contributed by atoms with E-state index in [0.717, 1.165) is 18.9 Å². The van der Waals surface area contributed by atoms with Gasteiger partial charge in [0.1, 0.15) is 0 Å². The number of carbonyl (C=O) groups is 1. The molecule has 0 aliphatic heterocycles. The first-order valence-corrected chi connectivity index (χ1v) is 15.9. The van der Waals surface area contributed by atoms with E-state index in [1.807, 2.05) is 27.7 Å². The van der Waals surface area contributed by atoms with Crippen LogP contribution in [0, 0.1) is 11.8 Å². The zero-order chi connectivity index (χ0) is 22.7. The van der Waals surface area contributed by atoms with E-state index < -0.39 is 17.1 Å². The maximum absolute atomic E-state index is 13.3. The van der Waals surface area contributed by atoms with E-state index in [9.17, 15) is 4.79 Å². The van der Waals surface area contributed by atoms with Crippen LogP contribution in [0.5, 0.6) is 0 Å². The molecule has 0 spiro atoms. The summed E-state index contributed by atoms with van der Waals surface area (Å²) in [6.45, 7) is 22.7. The quantitative estimate of drug-likeness (QED) is 0.255. The van der Waals surface area contributed by atoms with Gasteiger partial charge in [-0.3, -0.25) is 4.79 Å². The lowest BCUT2D eigenvalue weighted by atomic mass is 10.2. The second-order valence-corrected chi connectivity index (χ2v) is 15.8. The Balaban J connectivity index is 5.70. The molecule has 7 heteroatoms. The van der Waals surface area contributed by atoms with Gasteiger partial charge in [0.05, 0.1) is 5.92 Å². The fourth-order valence-corrected chi connectivity index (χ4v) is 12.5. The average molecular weight is 449 g/mol. The Bertz CT molecular complexity index is 431. The molecule has 0 aromatic rings. The first kappa shape index (κ1) is 28.8. The number of hydrogen-bond acceptors (Lipinski definition) is 5. The second-order valence-electron chi connectivity index (χ2n) is 8.68. The van der Waals surface area contributed by atoms with Crippen LogP contribution in [0.3, 0.4) is 0 Å². The normalized spacial score (nSPS) is 17.6. The van der Waals surface area contributed by atoms with E-state index in [0.29, 0.717) is 42.9 Å². The van der Waals surface area contributed by atoms with Crippen molar-refractivity contribution < 1.29 is 22.5 Å². The Labute approximate surface area is 182 Å². The van der Waals surface area contributed by atoms with Crippen molar-refractivity contribution in [2.24, 2.45) is 11.8 Å². The molecular formula is C22H48O5Si2. The van der Waals surface area contributed by atoms with Crippen LogP contribution in [0.2, 0.25) is 23.2 Å². The van der Waals surface area contributed by atoms with Crippen LogP contribution >= 0.6 is 0 Å². The van der Waals surface area contributed by atoms with Crippen molar-refractivity contribution in [3.05, 3.63) is 0 Å². The highest BCUT2D eigenvalue weighted by Gasteiger charge is 2.50. The third-order valence-corrected chi connectivity index (χ3v) is 15.4. The Kier molecular flexibility index (Phi) is 13.9. The van der Waals surface area contributed by atoms with E-state index >= 15 is 0 Å². The lowest BCUT2D eigenvalue weighted by molar-refractivity contribution is -0.139. The average Bonchev–Trinajstić information content (AvgIpc) is 2.66. The monoisotopic (exact) mass is 448 g/mol. The lowest BCUT2D eigenvalue weighted by Gasteiger charge is -2.42. The van der Waals surface area contributed by atoms with Crippen LogP contribution in [0.1, 0.15) is 82.1 Å². The minimum Gasteiger partial charge on any atom is -0.518 e. The molecule has 0 aromatic carbocycles. The van der Waals surface area contributed by atoms with E-state index in [1.54, 1.807) is 0 Å². The topological polar surface area (TPSA) is 54.0 Å². The molecule has 0 saturated heterocycles. The summed E-state index contributed by atoms with van der Waals surface area (Å²) in [7, 11) is -5.16. The van der Waals surface area contributed by atoms with Gasteiger partial charge in [-0.05, 0) is 43.8 Å². The minimum atomic E-state index is -2.89. The molecule has 0 fully saturated rings. The van der Waals surface area contributed by atoms with Gasteiger partial charge in [0, 0.05) is 25.9 Å². The summed E-state index contributed by atoms with van der Waals surface area (Å²) in [6, 6.07) is 1.48. The van der Waals surface area contributed by atoms with Crippen molar-refractivity contribution in [2.75, 3.05) is 19.8 Å². The van der Waals surface area contributed by atoms with Crippen LogP contribution in [0.15, 0.2) is 0 Å². The third kappa shape index (κ3) is 8.44. The van der Waals surface area contributed by atoms with Gasteiger partial charge in [0.2, 0.25) is 0 Å². The van der Waals surface area contributed by atoms with Crippen LogP contribution in [-0.4, -0.2) is 42.9 Å². The smallest absolute Gasteiger partial charge is 0.501 e. The van der Waals surface area contributed by atoms with Gasteiger partial charge in [-0.25, -0.2) is 0 Å². The summed E-state index contributed by atoms with van der Waals surface area (Å²) in [5.41, 5.74) is 0.868. The molecule has 174 valence electrons. The van der Waals surface area contributed by atoms with Gasteiger partial charge in [0.15, 0.2) is 0 Å². The van der Waals surface area contributed by atoms with Crippen molar-refractivity contribution in [1.82, 2.24) is 0 Å². The Morgan fingerprint density at radius 2 is 1.14 bits per heavy atom. The number of carbonyl (C=O) groups excluding carboxylic acids is 1. The summed E-state index contributed by atoms with van der Waals surface area (Å²) >= 11 is 0. The first-order chi connectivity index (χ1) is 13.6. The molecule has 0 aliphatic carbocycles. The molecular weight excluding hydrogens is 400 g/mol. The van der Waals surface area contributed by atoms with Gasteiger partial charge < -0.3 is 17.7 Å². The molecule has 0 amide bonds. The molecule has 3 unspecified atom stereocenters. The van der Waals surface area contributed by atoms with E-state index in [1.165, 1.54) is 0 Å². The van der Waals surface area contributed by atoms with E-state index in [4.69, 9.17) is 17.7 Å². The second kappa shape index (κ2) is 14.0. The van der Waals surface area contributed by atoms with Gasteiger partial charge in [-0.1, -0.05) is 61.3 Å². The van der Waals surface area contributed by atoms with Crippen molar-refractivity contribution in [3.63, 3.8) is 0 Å². The molecule has 0 saturated carbocycles. The van der Waals surface area contributed by atoms with Gasteiger partial charge in [-0.15, -0.1) is 0 Å². The van der Waals surface area contributed by atoms with E-state index in [2.05, 4.69) is 41.5 Å². The summed E-state index contributed by atoms with van der Waals surface area (Å²) in [4.78, 5) is 13.3. The lowest BCUT2D eigenvalue weighted by Crippen LogP contribution is -2.51. The highest BCUT2D eigenvalue weighted by atomic mass is 28.4. The molecule has 3 atom stereocenters. The number of rotatable bonds is 16. The summed E-state index contributed by atoms with van der Waals surface area (Å²) in [5.74, 6) is 0.101. The first-order valence-electron chi connectivity index (χ1n) is 11.7. The molecule has 0 N–H and O–H groups in total. The molecule has 0 bridgehead atoms. The van der Waals surface area contributed by atoms with Gasteiger partial charge >= 0.3 is 8.80 Å². The van der Waals surface area contributed by atoms with Crippen LogP contribution in [0.4, 0.5) is 0 Å². The standard InChI is InChI=1S/C22H48O5Si2/c1-11-20(9)28(16-18(6)7,21(10)12-2)27-22(23)19(8)17-29(24-13-3,25-14-4)26-15-5/h18-21H,11-17H2,1-10H3. The molecule has 0 radical (unpaired) electrons. The maximum atomic E-state index is 13.3. The third-order valence-electron chi connectivity index (χ3n) is 5.96. The fraction of sp³-hybridized carbons (Fsp3) is 0.955. The minimum absolute atomic E-state index is 0.103. The van der Waals surface area contributed by atoms with Crippen LogP contribution in [-0.2, 0) is 22.5 Å². The molecule has 29 heavy (non-hydrogen) atoms. The SMILES string of the molecule is CCO[Si](CC(C)C(=O)O[Si](CC(C)C)(C(C)CC)C(C)CC)(OCC)OCC. The number of hydrogen-bond donors (Lipinski definition) is 0. The Morgan fingerprint density at radius 1 is 0.724 bits per heavy atom. The van der Waals surface area contributed by atoms with Crippen molar-refractivity contribution >= 4 is 23.1 Å². The zero-order valence-electron chi connectivity index (χ0n) is 20.8. The Hall–Kier alpha value is -0.216. The molecule has 0 aliphatic rings. The van der Waals surface area contributed by atoms with Gasteiger partial charge in [-0.2, -0.15) is 0 Å². The molecule has 0 aromatic heterocycles. The summed E-state index contributed by atoms with van der Waals surface area (Å²) < 4.78 is 24.4. The van der Waals surface area contributed by atoms with Crippen LogP contribution < -0.4 is 0 Å². The summed E-state index contributed by atoms with van der Waals surface area (Å²) in [6.07, 6.45) is 2.08. The maximum Gasteiger partial charge on any atom is 0.501 e. The summed E-state index contributed by atoms with van der Waals surface area (Å²) in [5, 5.41) is 0. The Morgan fingerprint density at radius 3 is 1.45 bits per heavy atom. The fourth-order valence-electron chi connectivity index (χ4n) is 4.17. The van der Waals surface area contributed by atoms with E-state index in [-0.39, 0.29) is 11.9 Å². The largest absolute Gasteiger partial charge is 0.518 e. The molecule has 0 heterocycles.